The Morgan fingerprint density at radius 3 is 2.52 bits per heavy atom. The summed E-state index contributed by atoms with van der Waals surface area (Å²) in [6, 6.07) is 6.26. The van der Waals surface area contributed by atoms with Crippen LogP contribution in [0.5, 0.6) is 0 Å². The number of hydrogen-bond donors (Lipinski definition) is 3. The molecule has 1 aromatic rings. The van der Waals surface area contributed by atoms with Gasteiger partial charge in [-0.05, 0) is 25.0 Å². The Bertz CT molecular complexity index is 494. The zero-order valence-corrected chi connectivity index (χ0v) is 13.0. The predicted molar refractivity (Wildman–Crippen MR) is 82.5 cm³/mol. The second kappa shape index (κ2) is 8.52. The van der Waals surface area contributed by atoms with Crippen LogP contribution in [0.2, 0.25) is 5.02 Å². The Kier molecular flexibility index (Phi) is 7.02. The first-order valence-corrected chi connectivity index (χ1v) is 7.35. The number of carbonyl (C=O) groups is 2. The zero-order valence-electron chi connectivity index (χ0n) is 12.2. The Hall–Kier alpha value is -1.75. The molecule has 0 radical (unpaired) electrons. The molecule has 6 heteroatoms. The van der Waals surface area contributed by atoms with Gasteiger partial charge >= 0.3 is 12.0 Å². The van der Waals surface area contributed by atoms with Crippen molar-refractivity contribution in [3.8, 4) is 0 Å². The van der Waals surface area contributed by atoms with E-state index in [1.165, 1.54) is 0 Å². The highest BCUT2D eigenvalue weighted by molar-refractivity contribution is 6.31. The lowest BCUT2D eigenvalue weighted by atomic mass is 10.1. The van der Waals surface area contributed by atoms with Gasteiger partial charge in [0.15, 0.2) is 0 Å². The predicted octanol–water partition coefficient (Wildman–Crippen LogP) is 3.34. The van der Waals surface area contributed by atoms with Crippen LogP contribution >= 0.6 is 11.6 Å². The molecule has 0 aliphatic carbocycles. The highest BCUT2D eigenvalue weighted by atomic mass is 35.5. The number of hydrogen-bond acceptors (Lipinski definition) is 2. The standard InChI is InChI=1S/C15H21ClN2O3/c1-3-6-11(9-14(19)20)18-15(21)17-10(2)12-7-4-5-8-13(12)16/h4-5,7-8,10-11H,3,6,9H2,1-2H3,(H,19,20)(H2,17,18,21). The third kappa shape index (κ3) is 6.04. The Morgan fingerprint density at radius 2 is 1.95 bits per heavy atom. The number of urea groups is 1. The van der Waals surface area contributed by atoms with Gasteiger partial charge in [0.25, 0.3) is 0 Å². The molecule has 3 N–H and O–H groups in total. The molecule has 2 amide bonds. The lowest BCUT2D eigenvalue weighted by Gasteiger charge is -2.20. The summed E-state index contributed by atoms with van der Waals surface area (Å²) in [6.45, 7) is 3.77. The summed E-state index contributed by atoms with van der Waals surface area (Å²) < 4.78 is 0. The van der Waals surface area contributed by atoms with Gasteiger partial charge in [0.05, 0.1) is 12.5 Å². The normalized spacial score (nSPS) is 13.3. The molecular formula is C15H21ClN2O3. The Morgan fingerprint density at radius 1 is 1.29 bits per heavy atom. The van der Waals surface area contributed by atoms with Crippen LogP contribution in [0.4, 0.5) is 4.79 Å². The highest BCUT2D eigenvalue weighted by Crippen LogP contribution is 2.21. The molecule has 0 aromatic heterocycles. The SMILES string of the molecule is CCCC(CC(=O)O)NC(=O)NC(C)c1ccccc1Cl. The first-order chi connectivity index (χ1) is 9.93. The van der Waals surface area contributed by atoms with Gasteiger partial charge in [-0.25, -0.2) is 4.79 Å². The summed E-state index contributed by atoms with van der Waals surface area (Å²) >= 11 is 6.08. The van der Waals surface area contributed by atoms with Crippen molar-refractivity contribution >= 4 is 23.6 Å². The van der Waals surface area contributed by atoms with Crippen molar-refractivity contribution in [1.29, 1.82) is 0 Å². The van der Waals surface area contributed by atoms with Gasteiger partial charge in [0, 0.05) is 11.1 Å². The van der Waals surface area contributed by atoms with Crippen molar-refractivity contribution in [3.63, 3.8) is 0 Å². The minimum absolute atomic E-state index is 0.0816. The first kappa shape index (κ1) is 17.3. The number of nitrogens with one attached hydrogen (secondary N) is 2. The topological polar surface area (TPSA) is 78.4 Å². The van der Waals surface area contributed by atoms with Crippen LogP contribution in [-0.4, -0.2) is 23.1 Å². The second-order valence-corrected chi connectivity index (χ2v) is 5.35. The van der Waals surface area contributed by atoms with Crippen molar-refractivity contribution in [1.82, 2.24) is 10.6 Å². The van der Waals surface area contributed by atoms with Crippen LogP contribution in [-0.2, 0) is 4.79 Å². The van der Waals surface area contributed by atoms with Crippen LogP contribution in [0.25, 0.3) is 0 Å². The first-order valence-electron chi connectivity index (χ1n) is 6.97. The van der Waals surface area contributed by atoms with E-state index in [1.54, 1.807) is 6.07 Å². The largest absolute Gasteiger partial charge is 0.481 e. The lowest BCUT2D eigenvalue weighted by molar-refractivity contribution is -0.137. The van der Waals surface area contributed by atoms with Gasteiger partial charge in [-0.15, -0.1) is 0 Å². The average molecular weight is 313 g/mol. The van der Waals surface area contributed by atoms with Crippen molar-refractivity contribution in [2.24, 2.45) is 0 Å². The van der Waals surface area contributed by atoms with E-state index < -0.39 is 5.97 Å². The van der Waals surface area contributed by atoms with E-state index in [0.29, 0.717) is 11.4 Å². The van der Waals surface area contributed by atoms with Crippen molar-refractivity contribution in [2.45, 2.75) is 45.2 Å². The summed E-state index contributed by atoms with van der Waals surface area (Å²) in [5.41, 5.74) is 0.819. The Labute approximate surface area is 129 Å². The molecule has 2 unspecified atom stereocenters. The number of aliphatic carboxylic acids is 1. The maximum atomic E-state index is 11.9. The molecule has 0 saturated heterocycles. The second-order valence-electron chi connectivity index (χ2n) is 4.94. The molecule has 1 aromatic carbocycles. The van der Waals surface area contributed by atoms with Crippen molar-refractivity contribution in [2.75, 3.05) is 0 Å². The monoisotopic (exact) mass is 312 g/mol. The fourth-order valence-electron chi connectivity index (χ4n) is 2.11. The molecule has 0 heterocycles. The maximum absolute atomic E-state index is 11.9. The van der Waals surface area contributed by atoms with E-state index in [2.05, 4.69) is 10.6 Å². The van der Waals surface area contributed by atoms with Crippen LogP contribution in [0.15, 0.2) is 24.3 Å². The van der Waals surface area contributed by atoms with E-state index >= 15 is 0 Å². The van der Waals surface area contributed by atoms with E-state index in [-0.39, 0.29) is 24.5 Å². The molecule has 1 rings (SSSR count). The molecule has 21 heavy (non-hydrogen) atoms. The smallest absolute Gasteiger partial charge is 0.315 e. The third-order valence-corrected chi connectivity index (χ3v) is 3.46. The van der Waals surface area contributed by atoms with Crippen molar-refractivity contribution < 1.29 is 14.7 Å². The minimum atomic E-state index is -0.923. The summed E-state index contributed by atoms with van der Waals surface area (Å²) in [4.78, 5) is 22.7. The number of carbonyl (C=O) groups excluding carboxylic acids is 1. The highest BCUT2D eigenvalue weighted by Gasteiger charge is 2.17. The van der Waals surface area contributed by atoms with Gasteiger partial charge in [-0.2, -0.15) is 0 Å². The van der Waals surface area contributed by atoms with Crippen LogP contribution < -0.4 is 10.6 Å². The summed E-state index contributed by atoms with van der Waals surface area (Å²) in [5.74, 6) is -0.923. The number of halogens is 1. The average Bonchev–Trinajstić information content (AvgIpc) is 2.38. The number of rotatable bonds is 7. The van der Waals surface area contributed by atoms with E-state index in [9.17, 15) is 9.59 Å². The molecule has 2 atom stereocenters. The number of amides is 2. The molecular weight excluding hydrogens is 292 g/mol. The number of benzene rings is 1. The van der Waals surface area contributed by atoms with E-state index in [4.69, 9.17) is 16.7 Å². The summed E-state index contributed by atoms with van der Waals surface area (Å²) in [7, 11) is 0. The van der Waals surface area contributed by atoms with Gasteiger partial charge in [0.2, 0.25) is 0 Å². The molecule has 0 spiro atoms. The molecule has 0 aliphatic rings. The quantitative estimate of drug-likeness (QED) is 0.722. The molecule has 0 saturated carbocycles. The molecule has 0 fully saturated rings. The van der Waals surface area contributed by atoms with Gasteiger partial charge in [-0.3, -0.25) is 4.79 Å². The van der Waals surface area contributed by atoms with Gasteiger partial charge < -0.3 is 15.7 Å². The lowest BCUT2D eigenvalue weighted by Crippen LogP contribution is -2.43. The van der Waals surface area contributed by atoms with Crippen LogP contribution in [0, 0.1) is 0 Å². The fraction of sp³-hybridized carbons (Fsp3) is 0.467. The molecule has 0 aliphatic heterocycles. The molecule has 0 bridgehead atoms. The van der Waals surface area contributed by atoms with E-state index in [0.717, 1.165) is 12.0 Å². The summed E-state index contributed by atoms with van der Waals surface area (Å²) in [6.07, 6.45) is 1.35. The Balaban J connectivity index is 2.59. The molecule has 5 nitrogen and oxygen atoms in total. The zero-order chi connectivity index (χ0) is 15.8. The van der Waals surface area contributed by atoms with Crippen LogP contribution in [0.1, 0.15) is 44.7 Å². The number of carboxylic acid groups (broad SMARTS) is 1. The molecule has 116 valence electrons. The third-order valence-electron chi connectivity index (χ3n) is 3.11. The van der Waals surface area contributed by atoms with E-state index in [1.807, 2.05) is 32.0 Å². The number of carboxylic acids is 1. The van der Waals surface area contributed by atoms with Gasteiger partial charge in [0.1, 0.15) is 0 Å². The maximum Gasteiger partial charge on any atom is 0.315 e. The fourth-order valence-corrected chi connectivity index (χ4v) is 2.41. The van der Waals surface area contributed by atoms with Crippen LogP contribution in [0.3, 0.4) is 0 Å². The summed E-state index contributed by atoms with van der Waals surface area (Å²) in [5, 5.41) is 14.9. The van der Waals surface area contributed by atoms with Gasteiger partial charge in [-0.1, -0.05) is 43.1 Å². The van der Waals surface area contributed by atoms with Crippen molar-refractivity contribution in [3.05, 3.63) is 34.9 Å². The minimum Gasteiger partial charge on any atom is -0.481 e.